The highest BCUT2D eigenvalue weighted by Gasteiger charge is 2.15. The Balaban J connectivity index is 1.87. The standard InChI is InChI=1S/C24H26N6/c1-7-17(9-22-15(2)29-14-30(22)24(4,5)6)21-13-28-23-20(21)8-18(10-27-23)19-11-25-16(3)26-12-19/h7-14H,2H2,1,3-6H3,(H,27,28)/b17-7+,22-9+. The summed E-state index contributed by atoms with van der Waals surface area (Å²) < 4.78 is 2.15. The van der Waals surface area contributed by atoms with Crippen molar-refractivity contribution in [2.45, 2.75) is 40.2 Å². The maximum Gasteiger partial charge on any atom is 0.137 e. The first kappa shape index (κ1) is 19.8. The number of allylic oxidation sites excluding steroid dienone is 2. The molecule has 1 N–H and O–H groups in total. The minimum absolute atomic E-state index is 0.0893. The highest BCUT2D eigenvalue weighted by Crippen LogP contribution is 2.28. The van der Waals surface area contributed by atoms with Crippen LogP contribution in [0.4, 0.5) is 0 Å². The number of pyridine rings is 1. The Bertz CT molecular complexity index is 1350. The number of aromatic nitrogens is 6. The lowest BCUT2D eigenvalue weighted by molar-refractivity contribution is 0.388. The van der Waals surface area contributed by atoms with E-state index in [1.54, 1.807) is 0 Å². The first-order chi connectivity index (χ1) is 14.3. The molecule has 4 rings (SSSR count). The third-order valence-electron chi connectivity index (χ3n) is 5.17. The van der Waals surface area contributed by atoms with Gasteiger partial charge in [-0.25, -0.2) is 19.9 Å². The third-order valence-corrected chi connectivity index (χ3v) is 5.17. The summed E-state index contributed by atoms with van der Waals surface area (Å²) in [4.78, 5) is 20.9. The average molecular weight is 399 g/mol. The number of rotatable bonds is 3. The van der Waals surface area contributed by atoms with E-state index in [9.17, 15) is 0 Å². The van der Waals surface area contributed by atoms with Crippen LogP contribution in [0.15, 0.2) is 43.3 Å². The van der Waals surface area contributed by atoms with E-state index in [0.29, 0.717) is 0 Å². The van der Waals surface area contributed by atoms with Crippen molar-refractivity contribution < 1.29 is 0 Å². The molecule has 4 aromatic rings. The Kier molecular flexibility index (Phi) is 4.86. The normalized spacial score (nSPS) is 13.4. The Morgan fingerprint density at radius 2 is 1.77 bits per heavy atom. The summed E-state index contributed by atoms with van der Waals surface area (Å²) in [7, 11) is 0. The number of hydrogen-bond donors (Lipinski definition) is 1. The highest BCUT2D eigenvalue weighted by molar-refractivity contribution is 6.00. The van der Waals surface area contributed by atoms with E-state index in [0.717, 1.165) is 49.8 Å². The summed E-state index contributed by atoms with van der Waals surface area (Å²) in [5, 5.41) is 2.81. The number of nitrogens with zero attached hydrogens (tertiary/aromatic N) is 5. The average Bonchev–Trinajstić information content (AvgIpc) is 3.29. The van der Waals surface area contributed by atoms with Gasteiger partial charge in [0.25, 0.3) is 0 Å². The second-order valence-corrected chi connectivity index (χ2v) is 8.35. The lowest BCUT2D eigenvalue weighted by atomic mass is 10.0. The molecule has 0 aliphatic carbocycles. The fourth-order valence-electron chi connectivity index (χ4n) is 3.49. The molecule has 0 aliphatic rings. The van der Waals surface area contributed by atoms with Crippen molar-refractivity contribution in [1.29, 1.82) is 0 Å². The number of fused-ring (bicyclic) bond motifs is 1. The fourth-order valence-corrected chi connectivity index (χ4v) is 3.49. The van der Waals surface area contributed by atoms with Crippen LogP contribution in [0, 0.1) is 6.92 Å². The van der Waals surface area contributed by atoms with Crippen LogP contribution >= 0.6 is 0 Å². The molecular weight excluding hydrogens is 372 g/mol. The van der Waals surface area contributed by atoms with Crippen molar-refractivity contribution >= 4 is 29.3 Å². The van der Waals surface area contributed by atoms with Crippen molar-refractivity contribution in [3.05, 3.63) is 65.3 Å². The summed E-state index contributed by atoms with van der Waals surface area (Å²) >= 11 is 0. The second-order valence-electron chi connectivity index (χ2n) is 8.35. The van der Waals surface area contributed by atoms with E-state index in [1.807, 2.05) is 45.0 Å². The van der Waals surface area contributed by atoms with Gasteiger partial charge in [-0.05, 0) is 52.3 Å². The number of imidazole rings is 1. The number of H-pyrrole nitrogens is 1. The van der Waals surface area contributed by atoms with E-state index >= 15 is 0 Å². The Morgan fingerprint density at radius 3 is 2.43 bits per heavy atom. The van der Waals surface area contributed by atoms with Gasteiger partial charge < -0.3 is 9.55 Å². The molecule has 30 heavy (non-hydrogen) atoms. The molecule has 6 heteroatoms. The molecule has 0 fully saturated rings. The molecule has 4 aromatic heterocycles. The minimum atomic E-state index is -0.0893. The van der Waals surface area contributed by atoms with Gasteiger partial charge in [0.05, 0.1) is 17.0 Å². The van der Waals surface area contributed by atoms with Crippen LogP contribution in [-0.4, -0.2) is 29.5 Å². The first-order valence-corrected chi connectivity index (χ1v) is 9.95. The van der Waals surface area contributed by atoms with Crippen molar-refractivity contribution in [2.24, 2.45) is 0 Å². The monoisotopic (exact) mass is 398 g/mol. The number of aryl methyl sites for hydroxylation is 1. The minimum Gasteiger partial charge on any atom is -0.346 e. The predicted octanol–water partition coefficient (Wildman–Crippen LogP) is 3.57. The van der Waals surface area contributed by atoms with E-state index in [-0.39, 0.29) is 5.54 Å². The second kappa shape index (κ2) is 7.37. The van der Waals surface area contributed by atoms with Crippen LogP contribution in [0.5, 0.6) is 0 Å². The fraction of sp³-hybridized carbons (Fsp3) is 0.250. The maximum absolute atomic E-state index is 4.61. The molecule has 152 valence electrons. The van der Waals surface area contributed by atoms with Crippen LogP contribution in [0.1, 0.15) is 39.1 Å². The van der Waals surface area contributed by atoms with Gasteiger partial charge in [0.15, 0.2) is 0 Å². The quantitative estimate of drug-likeness (QED) is 0.573. The van der Waals surface area contributed by atoms with E-state index in [1.165, 1.54) is 0 Å². The lowest BCUT2D eigenvalue weighted by Gasteiger charge is -2.21. The molecule has 0 aliphatic heterocycles. The molecule has 4 heterocycles. The SMILES string of the molecule is C=c1ncn(C(C)(C)C)/c1=C/C(=C\C)c1c[nH]c2ncc(-c3cnc(C)nc3)cc12. The molecule has 0 saturated carbocycles. The summed E-state index contributed by atoms with van der Waals surface area (Å²) in [6.45, 7) is 14.5. The molecule has 0 amide bonds. The zero-order chi connectivity index (χ0) is 21.5. The van der Waals surface area contributed by atoms with Gasteiger partial charge in [0.1, 0.15) is 11.5 Å². The number of hydrogen-bond acceptors (Lipinski definition) is 4. The van der Waals surface area contributed by atoms with E-state index in [2.05, 4.69) is 75.1 Å². The molecule has 0 saturated heterocycles. The van der Waals surface area contributed by atoms with Crippen molar-refractivity contribution in [1.82, 2.24) is 29.5 Å². The number of nitrogens with one attached hydrogen (secondary N) is 1. The molecule has 0 atom stereocenters. The van der Waals surface area contributed by atoms with Gasteiger partial charge >= 0.3 is 0 Å². The molecule has 0 aromatic carbocycles. The van der Waals surface area contributed by atoms with Crippen LogP contribution < -0.4 is 10.7 Å². The summed E-state index contributed by atoms with van der Waals surface area (Å²) in [5.74, 6) is 0.750. The summed E-state index contributed by atoms with van der Waals surface area (Å²) in [6.07, 6.45) is 13.6. The van der Waals surface area contributed by atoms with Crippen LogP contribution in [0.3, 0.4) is 0 Å². The first-order valence-electron chi connectivity index (χ1n) is 9.95. The molecule has 0 radical (unpaired) electrons. The topological polar surface area (TPSA) is 72.3 Å². The zero-order valence-corrected chi connectivity index (χ0v) is 18.1. The van der Waals surface area contributed by atoms with Gasteiger partial charge in [-0.1, -0.05) is 12.7 Å². The predicted molar refractivity (Wildman–Crippen MR) is 122 cm³/mol. The molecule has 0 bridgehead atoms. The highest BCUT2D eigenvalue weighted by atomic mass is 15.1. The lowest BCUT2D eigenvalue weighted by Crippen LogP contribution is -2.37. The largest absolute Gasteiger partial charge is 0.346 e. The summed E-state index contributed by atoms with van der Waals surface area (Å²) in [6, 6.07) is 2.13. The molecule has 0 unspecified atom stereocenters. The van der Waals surface area contributed by atoms with E-state index < -0.39 is 0 Å². The zero-order valence-electron chi connectivity index (χ0n) is 18.1. The van der Waals surface area contributed by atoms with Crippen molar-refractivity contribution in [3.8, 4) is 11.1 Å². The smallest absolute Gasteiger partial charge is 0.137 e. The maximum atomic E-state index is 4.61. The summed E-state index contributed by atoms with van der Waals surface area (Å²) in [5.41, 5.74) is 4.84. The van der Waals surface area contributed by atoms with Gasteiger partial charge in [-0.15, -0.1) is 0 Å². The Hall–Kier alpha value is -3.54. The third kappa shape index (κ3) is 3.56. The van der Waals surface area contributed by atoms with Crippen LogP contribution in [-0.2, 0) is 5.54 Å². The molecule has 0 spiro atoms. The van der Waals surface area contributed by atoms with Gasteiger partial charge in [0, 0.05) is 52.4 Å². The van der Waals surface area contributed by atoms with Crippen LogP contribution in [0.2, 0.25) is 0 Å². The van der Waals surface area contributed by atoms with E-state index in [4.69, 9.17) is 0 Å². The van der Waals surface area contributed by atoms with Gasteiger partial charge in [0.2, 0.25) is 0 Å². The van der Waals surface area contributed by atoms with Crippen LogP contribution in [0.25, 0.3) is 40.4 Å². The van der Waals surface area contributed by atoms with Crippen molar-refractivity contribution in [2.75, 3.05) is 0 Å². The molecular formula is C24H26N6. The molecule has 6 nitrogen and oxygen atoms in total. The van der Waals surface area contributed by atoms with Crippen molar-refractivity contribution in [3.63, 3.8) is 0 Å². The Labute approximate surface area is 175 Å². The van der Waals surface area contributed by atoms with Gasteiger partial charge in [-0.2, -0.15) is 0 Å². The number of aromatic amines is 1. The van der Waals surface area contributed by atoms with Gasteiger partial charge in [-0.3, -0.25) is 0 Å². The Morgan fingerprint density at radius 1 is 1.07 bits per heavy atom.